The number of nitrogens with zero attached hydrogens (tertiary/aromatic N) is 3. The maximum absolute atomic E-state index is 12.8. The van der Waals surface area contributed by atoms with E-state index in [1.807, 2.05) is 0 Å². The predicted octanol–water partition coefficient (Wildman–Crippen LogP) is 3.62. The van der Waals surface area contributed by atoms with E-state index in [1.165, 1.54) is 18.2 Å². The zero-order chi connectivity index (χ0) is 21.3. The third kappa shape index (κ3) is 4.02. The third-order valence-corrected chi connectivity index (χ3v) is 6.19. The molecule has 0 radical (unpaired) electrons. The summed E-state index contributed by atoms with van der Waals surface area (Å²) in [4.78, 5) is 20.0. The molecule has 2 heterocycles. The van der Waals surface area contributed by atoms with Gasteiger partial charge in [-0.3, -0.25) is 4.79 Å². The summed E-state index contributed by atoms with van der Waals surface area (Å²) < 4.78 is 30.8. The molecule has 1 aromatic carbocycles. The van der Waals surface area contributed by atoms with Crippen LogP contribution in [0, 0.1) is 6.92 Å². The number of H-pyrrole nitrogens is 1. The summed E-state index contributed by atoms with van der Waals surface area (Å²) in [6, 6.07) is 4.20. The minimum Gasteiger partial charge on any atom is -0.493 e. The molecule has 0 saturated heterocycles. The highest BCUT2D eigenvalue weighted by Crippen LogP contribution is 2.32. The smallest absolute Gasteiger partial charge is 0.277 e. The van der Waals surface area contributed by atoms with Crippen LogP contribution in [0.5, 0.6) is 5.75 Å². The molecule has 0 aliphatic carbocycles. The van der Waals surface area contributed by atoms with Crippen molar-refractivity contribution in [1.29, 1.82) is 0 Å². The van der Waals surface area contributed by atoms with Crippen molar-refractivity contribution in [2.45, 2.75) is 51.3 Å². The number of hydrogen-bond donors (Lipinski definition) is 1. The molecular formula is C19H23ClN4O4S. The second kappa shape index (κ2) is 8.16. The van der Waals surface area contributed by atoms with Gasteiger partial charge in [-0.15, -0.1) is 5.10 Å². The number of halogens is 1. The van der Waals surface area contributed by atoms with Crippen LogP contribution in [0.15, 0.2) is 27.9 Å². The molecule has 10 heteroatoms. The summed E-state index contributed by atoms with van der Waals surface area (Å²) in [5.41, 5.74) is 0.928. The number of imidazole rings is 1. The molecule has 0 amide bonds. The summed E-state index contributed by atoms with van der Waals surface area (Å²) in [5.74, 6) is 1.41. The zero-order valence-electron chi connectivity index (χ0n) is 16.7. The first-order valence-electron chi connectivity index (χ1n) is 9.42. The average Bonchev–Trinajstić information content (AvgIpc) is 2.99. The van der Waals surface area contributed by atoms with E-state index in [-0.39, 0.29) is 22.2 Å². The topological polar surface area (TPSA) is 106 Å². The first kappa shape index (κ1) is 21.3. The highest BCUT2D eigenvalue weighted by Gasteiger charge is 2.22. The fourth-order valence-corrected chi connectivity index (χ4v) is 4.14. The van der Waals surface area contributed by atoms with Crippen LogP contribution in [0.4, 0.5) is 0 Å². The van der Waals surface area contributed by atoms with Crippen LogP contribution in [-0.4, -0.2) is 34.6 Å². The lowest BCUT2D eigenvalue weighted by Gasteiger charge is -2.13. The molecular weight excluding hydrogens is 416 g/mol. The van der Waals surface area contributed by atoms with E-state index >= 15 is 0 Å². The van der Waals surface area contributed by atoms with Crippen molar-refractivity contribution in [3.8, 4) is 17.1 Å². The molecule has 156 valence electrons. The number of fused-ring (bicyclic) bond motifs is 1. The molecule has 0 unspecified atom stereocenters. The van der Waals surface area contributed by atoms with Gasteiger partial charge < -0.3 is 9.72 Å². The van der Waals surface area contributed by atoms with Crippen molar-refractivity contribution in [1.82, 2.24) is 19.6 Å². The van der Waals surface area contributed by atoms with Gasteiger partial charge in [0.25, 0.3) is 14.6 Å². The molecule has 8 nitrogen and oxygen atoms in total. The Kier molecular flexibility index (Phi) is 6.00. The van der Waals surface area contributed by atoms with Crippen LogP contribution >= 0.6 is 10.7 Å². The molecule has 0 spiro atoms. The molecule has 0 aliphatic heterocycles. The van der Waals surface area contributed by atoms with Crippen molar-refractivity contribution < 1.29 is 13.2 Å². The monoisotopic (exact) mass is 438 g/mol. The van der Waals surface area contributed by atoms with Crippen molar-refractivity contribution >= 4 is 25.2 Å². The van der Waals surface area contributed by atoms with Gasteiger partial charge in [0.2, 0.25) is 0 Å². The van der Waals surface area contributed by atoms with Gasteiger partial charge in [-0.1, -0.05) is 13.8 Å². The lowest BCUT2D eigenvalue weighted by molar-refractivity contribution is 0.341. The lowest BCUT2D eigenvalue weighted by Crippen LogP contribution is -2.17. The van der Waals surface area contributed by atoms with E-state index < -0.39 is 9.05 Å². The SMILES string of the molecule is CCOc1ccc(S(=O)(=O)Cl)cc1-c1nn2c(C(CC)CC)nc(C)c2c(=O)[nH]1. The number of rotatable bonds is 7. The minimum atomic E-state index is -3.97. The number of aromatic nitrogens is 4. The number of hydrogen-bond acceptors (Lipinski definition) is 6. The Bertz CT molecular complexity index is 1210. The first-order chi connectivity index (χ1) is 13.7. The van der Waals surface area contributed by atoms with Crippen molar-refractivity contribution in [3.63, 3.8) is 0 Å². The van der Waals surface area contributed by atoms with Gasteiger partial charge >= 0.3 is 0 Å². The van der Waals surface area contributed by atoms with Crippen LogP contribution in [0.2, 0.25) is 0 Å². The van der Waals surface area contributed by atoms with Crippen molar-refractivity contribution in [3.05, 3.63) is 40.1 Å². The van der Waals surface area contributed by atoms with Gasteiger partial charge in [0.1, 0.15) is 11.6 Å². The van der Waals surface area contributed by atoms with E-state index in [0.717, 1.165) is 12.8 Å². The normalized spacial score (nSPS) is 12.1. The summed E-state index contributed by atoms with van der Waals surface area (Å²) in [7, 11) is 1.54. The van der Waals surface area contributed by atoms with Gasteiger partial charge in [-0.25, -0.2) is 17.9 Å². The predicted molar refractivity (Wildman–Crippen MR) is 111 cm³/mol. The van der Waals surface area contributed by atoms with Gasteiger partial charge in [0.15, 0.2) is 11.3 Å². The molecule has 0 fully saturated rings. The van der Waals surface area contributed by atoms with E-state index in [2.05, 4.69) is 28.9 Å². The molecule has 0 bridgehead atoms. The Morgan fingerprint density at radius 1 is 1.24 bits per heavy atom. The van der Waals surface area contributed by atoms with E-state index in [1.54, 1.807) is 18.4 Å². The summed E-state index contributed by atoms with van der Waals surface area (Å²) >= 11 is 0. The Morgan fingerprint density at radius 3 is 2.52 bits per heavy atom. The van der Waals surface area contributed by atoms with E-state index in [9.17, 15) is 13.2 Å². The van der Waals surface area contributed by atoms with Crippen LogP contribution < -0.4 is 10.3 Å². The molecule has 3 rings (SSSR count). The fourth-order valence-electron chi connectivity index (χ4n) is 3.36. The minimum absolute atomic E-state index is 0.109. The van der Waals surface area contributed by atoms with Crippen LogP contribution in [0.1, 0.15) is 51.0 Å². The molecule has 29 heavy (non-hydrogen) atoms. The summed E-state index contributed by atoms with van der Waals surface area (Å²) in [5, 5.41) is 4.59. The lowest BCUT2D eigenvalue weighted by atomic mass is 10.0. The van der Waals surface area contributed by atoms with E-state index in [4.69, 9.17) is 15.4 Å². The third-order valence-electron chi connectivity index (χ3n) is 4.84. The largest absolute Gasteiger partial charge is 0.493 e. The number of aryl methyl sites for hydroxylation is 1. The van der Waals surface area contributed by atoms with Crippen LogP contribution in [0.25, 0.3) is 16.9 Å². The Labute approximate surface area is 173 Å². The Balaban J connectivity index is 2.33. The van der Waals surface area contributed by atoms with Gasteiger partial charge in [0, 0.05) is 16.6 Å². The van der Waals surface area contributed by atoms with E-state index in [0.29, 0.717) is 35.0 Å². The Morgan fingerprint density at radius 2 is 1.93 bits per heavy atom. The number of ether oxygens (including phenoxy) is 1. The average molecular weight is 439 g/mol. The van der Waals surface area contributed by atoms with Gasteiger partial charge in [-0.2, -0.15) is 0 Å². The zero-order valence-corrected chi connectivity index (χ0v) is 18.3. The number of aromatic amines is 1. The van der Waals surface area contributed by atoms with Crippen molar-refractivity contribution in [2.24, 2.45) is 0 Å². The molecule has 0 saturated carbocycles. The fraction of sp³-hybridized carbons (Fsp3) is 0.421. The maximum atomic E-state index is 12.8. The quantitative estimate of drug-likeness (QED) is 0.564. The molecule has 3 aromatic rings. The maximum Gasteiger partial charge on any atom is 0.277 e. The van der Waals surface area contributed by atoms with Crippen LogP contribution in [0.3, 0.4) is 0 Å². The molecule has 1 N–H and O–H groups in total. The first-order valence-corrected chi connectivity index (χ1v) is 11.7. The molecule has 0 atom stereocenters. The molecule has 2 aromatic heterocycles. The highest BCUT2D eigenvalue weighted by atomic mass is 35.7. The highest BCUT2D eigenvalue weighted by molar-refractivity contribution is 8.13. The summed E-state index contributed by atoms with van der Waals surface area (Å²) in [6.45, 7) is 8.04. The van der Waals surface area contributed by atoms with Gasteiger partial charge in [-0.05, 0) is 44.9 Å². The van der Waals surface area contributed by atoms with Crippen molar-refractivity contribution in [2.75, 3.05) is 6.61 Å². The second-order valence-corrected chi connectivity index (χ2v) is 9.23. The number of nitrogens with one attached hydrogen (secondary N) is 1. The van der Waals surface area contributed by atoms with Gasteiger partial charge in [0.05, 0.1) is 22.8 Å². The molecule has 0 aliphatic rings. The summed E-state index contributed by atoms with van der Waals surface area (Å²) in [6.07, 6.45) is 1.70. The number of benzene rings is 1. The second-order valence-electron chi connectivity index (χ2n) is 6.66. The Hall–Kier alpha value is -2.39. The van der Waals surface area contributed by atoms with Crippen LogP contribution in [-0.2, 0) is 9.05 Å². The standard InChI is InChI=1S/C19H23ClN4O4S/c1-5-12(6-2)18-21-11(4)16-19(25)22-17(23-24(16)18)14-10-13(29(20,26)27)8-9-15(14)28-7-3/h8-10,12H,5-7H2,1-4H3,(H,22,23,25).